The zero-order valence-corrected chi connectivity index (χ0v) is 7.76. The summed E-state index contributed by atoms with van der Waals surface area (Å²) in [6.07, 6.45) is 2.02. The Kier molecular flexibility index (Phi) is 2.48. The molecule has 0 aliphatic carbocycles. The summed E-state index contributed by atoms with van der Waals surface area (Å²) in [7, 11) is 0. The van der Waals surface area contributed by atoms with E-state index in [0.29, 0.717) is 5.82 Å². The van der Waals surface area contributed by atoms with Crippen LogP contribution >= 0.6 is 0 Å². The van der Waals surface area contributed by atoms with Crippen molar-refractivity contribution in [3.05, 3.63) is 29.0 Å². The quantitative estimate of drug-likeness (QED) is 0.688. The molecule has 2 heteroatoms. The topological polar surface area (TPSA) is 38.9 Å². The standard InChI is InChI=1S/C10H14N2/c1-7(2)4-9-5-8(3)6-10(11)12-9/h4-6H,1-3H3,(H2,11,12). The third-order valence-corrected chi connectivity index (χ3v) is 1.45. The Balaban J connectivity index is 3.09. The fraction of sp³-hybridized carbons (Fsp3) is 0.300. The summed E-state index contributed by atoms with van der Waals surface area (Å²) in [6.45, 7) is 6.10. The summed E-state index contributed by atoms with van der Waals surface area (Å²) >= 11 is 0. The van der Waals surface area contributed by atoms with Crippen LogP contribution in [0.3, 0.4) is 0 Å². The Labute approximate surface area is 73.1 Å². The van der Waals surface area contributed by atoms with Crippen LogP contribution in [0.5, 0.6) is 0 Å². The second kappa shape index (κ2) is 3.39. The molecule has 1 rings (SSSR count). The predicted octanol–water partition coefficient (Wildman–Crippen LogP) is 2.40. The van der Waals surface area contributed by atoms with Gasteiger partial charge in [-0.1, -0.05) is 5.57 Å². The van der Waals surface area contributed by atoms with Crippen molar-refractivity contribution in [3.8, 4) is 0 Å². The van der Waals surface area contributed by atoms with Crippen LogP contribution in [0.1, 0.15) is 25.1 Å². The minimum absolute atomic E-state index is 0.586. The monoisotopic (exact) mass is 162 g/mol. The number of aromatic nitrogens is 1. The SMILES string of the molecule is CC(C)=Cc1cc(C)cc(N)n1. The second-order valence-corrected chi connectivity index (χ2v) is 3.22. The van der Waals surface area contributed by atoms with Crippen LogP contribution in [0.2, 0.25) is 0 Å². The number of hydrogen-bond donors (Lipinski definition) is 1. The maximum absolute atomic E-state index is 5.59. The first kappa shape index (κ1) is 8.78. The fourth-order valence-electron chi connectivity index (χ4n) is 1.09. The number of anilines is 1. The minimum atomic E-state index is 0.586. The van der Waals surface area contributed by atoms with Crippen LogP contribution in [-0.2, 0) is 0 Å². The van der Waals surface area contributed by atoms with E-state index in [0.717, 1.165) is 11.3 Å². The van der Waals surface area contributed by atoms with Gasteiger partial charge in [0.1, 0.15) is 5.82 Å². The van der Waals surface area contributed by atoms with Gasteiger partial charge in [0.25, 0.3) is 0 Å². The lowest BCUT2D eigenvalue weighted by Gasteiger charge is -1.99. The highest BCUT2D eigenvalue weighted by Gasteiger charge is 1.93. The number of aryl methyl sites for hydroxylation is 1. The number of allylic oxidation sites excluding steroid dienone is 1. The van der Waals surface area contributed by atoms with Gasteiger partial charge in [-0.15, -0.1) is 0 Å². The van der Waals surface area contributed by atoms with E-state index in [9.17, 15) is 0 Å². The number of nitrogens with two attached hydrogens (primary N) is 1. The lowest BCUT2D eigenvalue weighted by Crippen LogP contribution is -1.93. The lowest BCUT2D eigenvalue weighted by atomic mass is 10.2. The number of nitrogen functional groups attached to an aromatic ring is 1. The molecule has 0 unspecified atom stereocenters. The maximum Gasteiger partial charge on any atom is 0.124 e. The molecule has 0 fully saturated rings. The van der Waals surface area contributed by atoms with E-state index in [-0.39, 0.29) is 0 Å². The van der Waals surface area contributed by atoms with E-state index in [1.54, 1.807) is 0 Å². The summed E-state index contributed by atoms with van der Waals surface area (Å²) in [6, 6.07) is 3.88. The highest BCUT2D eigenvalue weighted by atomic mass is 14.8. The van der Waals surface area contributed by atoms with Crippen LogP contribution in [-0.4, -0.2) is 4.98 Å². The molecule has 0 spiro atoms. The van der Waals surface area contributed by atoms with Gasteiger partial charge >= 0.3 is 0 Å². The molecule has 0 aliphatic rings. The fourth-order valence-corrected chi connectivity index (χ4v) is 1.09. The van der Waals surface area contributed by atoms with Crippen molar-refractivity contribution in [3.63, 3.8) is 0 Å². The van der Waals surface area contributed by atoms with E-state index >= 15 is 0 Å². The van der Waals surface area contributed by atoms with Crippen molar-refractivity contribution >= 4 is 11.9 Å². The Hall–Kier alpha value is -1.31. The Bertz CT molecular complexity index is 289. The normalized spacial score (nSPS) is 9.58. The van der Waals surface area contributed by atoms with E-state index in [1.807, 2.05) is 39.0 Å². The molecule has 2 N–H and O–H groups in total. The molecule has 0 aliphatic heterocycles. The highest BCUT2D eigenvalue weighted by molar-refractivity contribution is 5.51. The zero-order chi connectivity index (χ0) is 9.14. The molecule has 0 saturated carbocycles. The lowest BCUT2D eigenvalue weighted by molar-refractivity contribution is 1.26. The van der Waals surface area contributed by atoms with Crippen molar-refractivity contribution in [2.24, 2.45) is 0 Å². The molecule has 0 radical (unpaired) electrons. The van der Waals surface area contributed by atoms with Gasteiger partial charge in [-0.3, -0.25) is 0 Å². The largest absolute Gasteiger partial charge is 0.384 e. The minimum Gasteiger partial charge on any atom is -0.384 e. The zero-order valence-electron chi connectivity index (χ0n) is 7.76. The van der Waals surface area contributed by atoms with Crippen molar-refractivity contribution in [1.29, 1.82) is 0 Å². The van der Waals surface area contributed by atoms with Gasteiger partial charge in [-0.2, -0.15) is 0 Å². The third kappa shape index (κ3) is 2.38. The molecule has 1 aromatic rings. The number of pyridine rings is 1. The van der Waals surface area contributed by atoms with E-state index in [1.165, 1.54) is 5.57 Å². The van der Waals surface area contributed by atoms with Crippen molar-refractivity contribution < 1.29 is 0 Å². The molecule has 2 nitrogen and oxygen atoms in total. The molecule has 0 atom stereocenters. The van der Waals surface area contributed by atoms with E-state index < -0.39 is 0 Å². The predicted molar refractivity (Wildman–Crippen MR) is 52.7 cm³/mol. The molecule has 64 valence electrons. The molecule has 0 bridgehead atoms. The maximum atomic E-state index is 5.59. The van der Waals surface area contributed by atoms with E-state index in [4.69, 9.17) is 5.73 Å². The second-order valence-electron chi connectivity index (χ2n) is 3.22. The average molecular weight is 162 g/mol. The van der Waals surface area contributed by atoms with Gasteiger partial charge in [-0.25, -0.2) is 4.98 Å². The van der Waals surface area contributed by atoms with Crippen LogP contribution in [0.4, 0.5) is 5.82 Å². The Morgan fingerprint density at radius 1 is 1.42 bits per heavy atom. The van der Waals surface area contributed by atoms with Gasteiger partial charge in [0.15, 0.2) is 0 Å². The van der Waals surface area contributed by atoms with Crippen molar-refractivity contribution in [2.75, 3.05) is 5.73 Å². The summed E-state index contributed by atoms with van der Waals surface area (Å²) < 4.78 is 0. The first-order valence-corrected chi connectivity index (χ1v) is 3.97. The highest BCUT2D eigenvalue weighted by Crippen LogP contribution is 2.09. The average Bonchev–Trinajstić information content (AvgIpc) is 1.81. The van der Waals surface area contributed by atoms with Crippen LogP contribution < -0.4 is 5.73 Å². The van der Waals surface area contributed by atoms with Gasteiger partial charge in [0, 0.05) is 0 Å². The first-order valence-electron chi connectivity index (χ1n) is 3.97. The smallest absolute Gasteiger partial charge is 0.124 e. The molecule has 1 aromatic heterocycles. The number of rotatable bonds is 1. The van der Waals surface area contributed by atoms with Crippen molar-refractivity contribution in [1.82, 2.24) is 4.98 Å². The molecular formula is C10H14N2. The molecule has 1 heterocycles. The molecule has 0 saturated heterocycles. The van der Waals surface area contributed by atoms with Gasteiger partial charge in [-0.05, 0) is 44.5 Å². The van der Waals surface area contributed by atoms with Gasteiger partial charge < -0.3 is 5.73 Å². The van der Waals surface area contributed by atoms with Crippen LogP contribution in [0.15, 0.2) is 17.7 Å². The Morgan fingerprint density at radius 3 is 2.58 bits per heavy atom. The summed E-state index contributed by atoms with van der Waals surface area (Å²) in [5.41, 5.74) is 8.91. The molecular weight excluding hydrogens is 148 g/mol. The number of nitrogens with zero attached hydrogens (tertiary/aromatic N) is 1. The molecule has 0 amide bonds. The van der Waals surface area contributed by atoms with Crippen LogP contribution in [0.25, 0.3) is 6.08 Å². The third-order valence-electron chi connectivity index (χ3n) is 1.45. The van der Waals surface area contributed by atoms with Gasteiger partial charge in [0.2, 0.25) is 0 Å². The van der Waals surface area contributed by atoms with Crippen molar-refractivity contribution in [2.45, 2.75) is 20.8 Å². The summed E-state index contributed by atoms with van der Waals surface area (Å²) in [5, 5.41) is 0. The summed E-state index contributed by atoms with van der Waals surface area (Å²) in [4.78, 5) is 4.18. The number of hydrogen-bond acceptors (Lipinski definition) is 2. The van der Waals surface area contributed by atoms with E-state index in [2.05, 4.69) is 4.98 Å². The molecule has 0 aromatic carbocycles. The van der Waals surface area contributed by atoms with Gasteiger partial charge in [0.05, 0.1) is 5.69 Å². The summed E-state index contributed by atoms with van der Waals surface area (Å²) in [5.74, 6) is 0.586. The molecule has 12 heavy (non-hydrogen) atoms. The Morgan fingerprint density at radius 2 is 2.08 bits per heavy atom. The first-order chi connectivity index (χ1) is 5.58. The van der Waals surface area contributed by atoms with Crippen LogP contribution in [0, 0.1) is 6.92 Å².